The first-order valence-electron chi connectivity index (χ1n) is 8.34. The van der Waals surface area contributed by atoms with Gasteiger partial charge in [0.2, 0.25) is 0 Å². The number of amides is 1. The predicted molar refractivity (Wildman–Crippen MR) is 104 cm³/mol. The minimum absolute atomic E-state index is 0.149. The molecule has 130 valence electrons. The molecule has 1 saturated heterocycles. The first-order valence-corrected chi connectivity index (χ1v) is 9.63. The number of piperazine rings is 1. The SMILES string of the molecule is Cn1c(=S)n(CN2CCN(C(=O)c3cccs3)CC2)c2ccccc21. The third kappa shape index (κ3) is 3.03. The number of nitrogens with zero attached hydrogens (tertiary/aromatic N) is 4. The molecule has 0 N–H and O–H groups in total. The number of aromatic nitrogens is 2. The van der Waals surface area contributed by atoms with Gasteiger partial charge >= 0.3 is 0 Å². The zero-order valence-corrected chi connectivity index (χ0v) is 15.7. The molecule has 3 aromatic rings. The maximum atomic E-state index is 12.5. The van der Waals surface area contributed by atoms with E-state index < -0.39 is 0 Å². The van der Waals surface area contributed by atoms with Crippen LogP contribution in [0.5, 0.6) is 0 Å². The third-order valence-electron chi connectivity index (χ3n) is 4.78. The minimum Gasteiger partial charge on any atom is -0.335 e. The molecule has 1 amide bonds. The Hall–Kier alpha value is -1.96. The number of hydrogen-bond donors (Lipinski definition) is 0. The Morgan fingerprint density at radius 1 is 1.08 bits per heavy atom. The van der Waals surface area contributed by atoms with E-state index in [4.69, 9.17) is 12.2 Å². The van der Waals surface area contributed by atoms with Crippen LogP contribution >= 0.6 is 23.6 Å². The smallest absolute Gasteiger partial charge is 0.264 e. The first-order chi connectivity index (χ1) is 12.1. The van der Waals surface area contributed by atoms with Gasteiger partial charge in [-0.15, -0.1) is 11.3 Å². The van der Waals surface area contributed by atoms with E-state index in [-0.39, 0.29) is 5.91 Å². The molecule has 0 saturated carbocycles. The molecule has 0 bridgehead atoms. The largest absolute Gasteiger partial charge is 0.335 e. The summed E-state index contributed by atoms with van der Waals surface area (Å²) in [5.74, 6) is 0.149. The molecule has 1 aliphatic rings. The van der Waals surface area contributed by atoms with Gasteiger partial charge in [0, 0.05) is 33.2 Å². The van der Waals surface area contributed by atoms with Crippen molar-refractivity contribution >= 4 is 40.5 Å². The number of carbonyl (C=O) groups is 1. The molecule has 0 radical (unpaired) electrons. The summed E-state index contributed by atoms with van der Waals surface area (Å²) < 4.78 is 5.07. The molecule has 25 heavy (non-hydrogen) atoms. The maximum absolute atomic E-state index is 12.5. The van der Waals surface area contributed by atoms with Crippen molar-refractivity contribution < 1.29 is 4.79 Å². The van der Waals surface area contributed by atoms with Crippen molar-refractivity contribution in [2.45, 2.75) is 6.67 Å². The van der Waals surface area contributed by atoms with E-state index in [2.05, 4.69) is 26.2 Å². The van der Waals surface area contributed by atoms with E-state index in [0.29, 0.717) is 0 Å². The number of thiophene rings is 1. The Morgan fingerprint density at radius 2 is 1.80 bits per heavy atom. The van der Waals surface area contributed by atoms with Crippen LogP contribution in [-0.2, 0) is 13.7 Å². The number of aryl methyl sites for hydroxylation is 1. The van der Waals surface area contributed by atoms with Crippen LogP contribution in [0, 0.1) is 4.77 Å². The van der Waals surface area contributed by atoms with Gasteiger partial charge in [-0.2, -0.15) is 0 Å². The molecular formula is C18H20N4OS2. The van der Waals surface area contributed by atoms with Gasteiger partial charge in [0.05, 0.1) is 22.6 Å². The van der Waals surface area contributed by atoms with E-state index in [1.807, 2.05) is 41.6 Å². The first kappa shape index (κ1) is 16.5. The molecular weight excluding hydrogens is 352 g/mol. The van der Waals surface area contributed by atoms with E-state index in [9.17, 15) is 4.79 Å². The van der Waals surface area contributed by atoms with Crippen LogP contribution in [0.1, 0.15) is 9.67 Å². The average molecular weight is 373 g/mol. The number of rotatable bonds is 3. The topological polar surface area (TPSA) is 33.4 Å². The van der Waals surface area contributed by atoms with Gasteiger partial charge in [-0.3, -0.25) is 9.69 Å². The van der Waals surface area contributed by atoms with Crippen LogP contribution < -0.4 is 0 Å². The van der Waals surface area contributed by atoms with E-state index in [0.717, 1.165) is 53.5 Å². The van der Waals surface area contributed by atoms with Gasteiger partial charge in [0.15, 0.2) is 4.77 Å². The summed E-state index contributed by atoms with van der Waals surface area (Å²) in [5.41, 5.74) is 2.31. The van der Waals surface area contributed by atoms with E-state index in [1.54, 1.807) is 0 Å². The van der Waals surface area contributed by atoms with Crippen molar-refractivity contribution in [3.63, 3.8) is 0 Å². The highest BCUT2D eigenvalue weighted by atomic mass is 32.1. The summed E-state index contributed by atoms with van der Waals surface area (Å²) >= 11 is 7.13. The summed E-state index contributed by atoms with van der Waals surface area (Å²) in [6.45, 7) is 4.01. The highest BCUT2D eigenvalue weighted by Crippen LogP contribution is 2.18. The Balaban J connectivity index is 1.47. The molecule has 1 aliphatic heterocycles. The second-order valence-corrected chi connectivity index (χ2v) is 7.60. The fourth-order valence-electron chi connectivity index (χ4n) is 3.35. The van der Waals surface area contributed by atoms with Gasteiger partial charge in [0.1, 0.15) is 0 Å². The number of carbonyl (C=O) groups excluding carboxylic acids is 1. The van der Waals surface area contributed by atoms with Gasteiger partial charge in [-0.25, -0.2) is 0 Å². The lowest BCUT2D eigenvalue weighted by atomic mass is 10.3. The number of imidazole rings is 1. The normalized spacial score (nSPS) is 15.8. The Morgan fingerprint density at radius 3 is 2.48 bits per heavy atom. The molecule has 4 rings (SSSR count). The Kier molecular flexibility index (Phi) is 4.45. The lowest BCUT2D eigenvalue weighted by Crippen LogP contribution is -2.48. The van der Waals surface area contributed by atoms with Crippen molar-refractivity contribution in [1.29, 1.82) is 0 Å². The Labute approximate surface area is 155 Å². The van der Waals surface area contributed by atoms with Crippen LogP contribution in [0.2, 0.25) is 0 Å². The van der Waals surface area contributed by atoms with Gasteiger partial charge < -0.3 is 14.0 Å². The van der Waals surface area contributed by atoms with Crippen molar-refractivity contribution in [2.24, 2.45) is 7.05 Å². The Bertz CT molecular complexity index is 949. The molecule has 7 heteroatoms. The van der Waals surface area contributed by atoms with Crippen LogP contribution in [0.3, 0.4) is 0 Å². The van der Waals surface area contributed by atoms with Gasteiger partial charge in [-0.05, 0) is 35.8 Å². The molecule has 2 aromatic heterocycles. The zero-order valence-electron chi connectivity index (χ0n) is 14.1. The number of fused-ring (bicyclic) bond motifs is 1. The van der Waals surface area contributed by atoms with Crippen molar-refractivity contribution in [3.8, 4) is 0 Å². The monoisotopic (exact) mass is 372 g/mol. The number of para-hydroxylation sites is 2. The van der Waals surface area contributed by atoms with Crippen molar-refractivity contribution in [1.82, 2.24) is 18.9 Å². The lowest BCUT2D eigenvalue weighted by Gasteiger charge is -2.34. The lowest BCUT2D eigenvalue weighted by molar-refractivity contribution is 0.0600. The molecule has 0 atom stereocenters. The molecule has 0 spiro atoms. The highest BCUT2D eigenvalue weighted by Gasteiger charge is 2.23. The van der Waals surface area contributed by atoms with Crippen LogP contribution in [0.4, 0.5) is 0 Å². The number of hydrogen-bond acceptors (Lipinski definition) is 4. The van der Waals surface area contributed by atoms with Crippen LogP contribution in [0.15, 0.2) is 41.8 Å². The molecule has 5 nitrogen and oxygen atoms in total. The van der Waals surface area contributed by atoms with Crippen LogP contribution in [-0.4, -0.2) is 51.0 Å². The second-order valence-electron chi connectivity index (χ2n) is 6.29. The molecule has 0 unspecified atom stereocenters. The molecule has 1 aromatic carbocycles. The third-order valence-corrected chi connectivity index (χ3v) is 6.14. The predicted octanol–water partition coefficient (Wildman–Crippen LogP) is 3.19. The van der Waals surface area contributed by atoms with E-state index >= 15 is 0 Å². The maximum Gasteiger partial charge on any atom is 0.264 e. The van der Waals surface area contributed by atoms with Crippen LogP contribution in [0.25, 0.3) is 11.0 Å². The average Bonchev–Trinajstić information content (AvgIpc) is 3.26. The molecule has 3 heterocycles. The fourth-order valence-corrected chi connectivity index (χ4v) is 4.29. The summed E-state index contributed by atoms with van der Waals surface area (Å²) in [6, 6.07) is 12.1. The van der Waals surface area contributed by atoms with Gasteiger partial charge in [-0.1, -0.05) is 18.2 Å². The summed E-state index contributed by atoms with van der Waals surface area (Å²) in [6.07, 6.45) is 0. The minimum atomic E-state index is 0.149. The summed E-state index contributed by atoms with van der Waals surface area (Å²) in [5, 5.41) is 1.95. The highest BCUT2D eigenvalue weighted by molar-refractivity contribution is 7.71. The summed E-state index contributed by atoms with van der Waals surface area (Å²) in [7, 11) is 2.01. The van der Waals surface area contributed by atoms with Gasteiger partial charge in [0.25, 0.3) is 5.91 Å². The second kappa shape index (κ2) is 6.74. The van der Waals surface area contributed by atoms with Crippen molar-refractivity contribution in [2.75, 3.05) is 26.2 Å². The fraction of sp³-hybridized carbons (Fsp3) is 0.333. The zero-order chi connectivity index (χ0) is 17.4. The van der Waals surface area contributed by atoms with E-state index in [1.165, 1.54) is 11.3 Å². The quantitative estimate of drug-likeness (QED) is 0.662. The van der Waals surface area contributed by atoms with Crippen molar-refractivity contribution in [3.05, 3.63) is 51.4 Å². The number of benzene rings is 1. The molecule has 1 fully saturated rings. The summed E-state index contributed by atoms with van der Waals surface area (Å²) in [4.78, 5) is 17.6. The standard InChI is InChI=1S/C18H20N4OS2/c1-19-14-5-2-3-6-15(14)22(18(19)24)13-20-8-10-21(11-9-20)17(23)16-7-4-12-25-16/h2-7,12H,8-11,13H2,1H3. The molecule has 0 aliphatic carbocycles.